The lowest BCUT2D eigenvalue weighted by Gasteiger charge is -2.25. The van der Waals surface area contributed by atoms with Crippen molar-refractivity contribution in [2.45, 2.75) is 63.6 Å². The van der Waals surface area contributed by atoms with E-state index in [0.717, 1.165) is 11.1 Å². The Hall–Kier alpha value is -1.98. The minimum absolute atomic E-state index is 0.0530. The summed E-state index contributed by atoms with van der Waals surface area (Å²) in [5.41, 5.74) is 1.34. The van der Waals surface area contributed by atoms with Crippen molar-refractivity contribution in [1.29, 1.82) is 0 Å². The molecule has 2 aliphatic heterocycles. The molecule has 168 valence electrons. The Labute approximate surface area is 188 Å². The first kappa shape index (κ1) is 22.2. The van der Waals surface area contributed by atoms with Gasteiger partial charge >= 0.3 is 5.69 Å². The molecule has 1 aromatic carbocycles. The zero-order valence-electron chi connectivity index (χ0n) is 17.8. The van der Waals surface area contributed by atoms with Gasteiger partial charge in [0.1, 0.15) is 18.1 Å². The van der Waals surface area contributed by atoms with Gasteiger partial charge < -0.3 is 25.4 Å². The Bertz CT molecular complexity index is 1080. The maximum Gasteiger partial charge on any atom is 0.351 e. The van der Waals surface area contributed by atoms with Gasteiger partial charge in [-0.25, -0.2) is 4.79 Å². The number of ether oxygens (including phenoxy) is 1. The summed E-state index contributed by atoms with van der Waals surface area (Å²) in [5, 5.41) is 36.4. The standard InChI is InChI=1S/C21H27BrN4O5/c1-20(2)10-5-13(14(28)6-11(10)21(3,4)25-20)23-18-12(22)8-26(19(30)24-18)17-7-15(29)16(9-27)31-17/h5-6,8,15-17,25,27-29H,7,9H2,1-4H3,(H,23,24,30)/t15-,16-,17-/m1/s1. The molecule has 0 bridgehead atoms. The number of phenolic OH excluding ortho intramolecular Hbond substituents is 1. The average Bonchev–Trinajstić information content (AvgIpc) is 3.12. The van der Waals surface area contributed by atoms with Crippen molar-refractivity contribution in [2.24, 2.45) is 0 Å². The molecule has 1 saturated heterocycles. The number of fused-ring (bicyclic) bond motifs is 1. The van der Waals surface area contributed by atoms with Gasteiger partial charge in [-0.2, -0.15) is 4.98 Å². The molecular weight excluding hydrogens is 468 g/mol. The minimum atomic E-state index is -0.858. The number of halogens is 1. The lowest BCUT2D eigenvalue weighted by Crippen LogP contribution is -2.39. The molecule has 3 atom stereocenters. The number of anilines is 2. The van der Waals surface area contributed by atoms with E-state index in [9.17, 15) is 20.1 Å². The van der Waals surface area contributed by atoms with E-state index in [2.05, 4.69) is 59.2 Å². The van der Waals surface area contributed by atoms with E-state index in [0.29, 0.717) is 10.2 Å². The quantitative estimate of drug-likeness (QED) is 0.409. The summed E-state index contributed by atoms with van der Waals surface area (Å²) in [5.74, 6) is 0.300. The third-order valence-corrected chi connectivity index (χ3v) is 6.54. The van der Waals surface area contributed by atoms with Gasteiger partial charge in [-0.1, -0.05) is 0 Å². The van der Waals surface area contributed by atoms with Crippen LogP contribution >= 0.6 is 15.9 Å². The summed E-state index contributed by atoms with van der Waals surface area (Å²) in [6, 6.07) is 3.60. The van der Waals surface area contributed by atoms with Gasteiger partial charge in [0.15, 0.2) is 5.82 Å². The lowest BCUT2D eigenvalue weighted by atomic mass is 9.90. The smallest absolute Gasteiger partial charge is 0.351 e. The average molecular weight is 495 g/mol. The van der Waals surface area contributed by atoms with Gasteiger partial charge in [-0.05, 0) is 66.9 Å². The van der Waals surface area contributed by atoms with E-state index >= 15 is 0 Å². The molecule has 3 heterocycles. The molecule has 10 heteroatoms. The fourth-order valence-corrected chi connectivity index (χ4v) is 4.96. The Balaban J connectivity index is 1.66. The molecule has 1 aromatic heterocycles. The normalized spacial score (nSPS) is 26.1. The summed E-state index contributed by atoms with van der Waals surface area (Å²) in [6.07, 6.45) is -0.621. The Kier molecular flexibility index (Phi) is 5.42. The maximum absolute atomic E-state index is 12.6. The maximum atomic E-state index is 12.6. The van der Waals surface area contributed by atoms with Gasteiger partial charge in [-0.15, -0.1) is 0 Å². The first-order valence-electron chi connectivity index (χ1n) is 10.1. The summed E-state index contributed by atoms with van der Waals surface area (Å²) >= 11 is 3.41. The number of aromatic nitrogens is 2. The fraction of sp³-hybridized carbons (Fsp3) is 0.524. The fourth-order valence-electron chi connectivity index (χ4n) is 4.56. The van der Waals surface area contributed by atoms with Gasteiger partial charge in [0.05, 0.1) is 22.9 Å². The van der Waals surface area contributed by atoms with E-state index in [1.165, 1.54) is 10.8 Å². The second-order valence-electron chi connectivity index (χ2n) is 9.16. The highest BCUT2D eigenvalue weighted by atomic mass is 79.9. The predicted octanol–water partition coefficient (Wildman–Crippen LogP) is 2.17. The van der Waals surface area contributed by atoms with Crippen molar-refractivity contribution in [3.8, 4) is 5.75 Å². The molecule has 0 radical (unpaired) electrons. The molecule has 5 N–H and O–H groups in total. The minimum Gasteiger partial charge on any atom is -0.506 e. The van der Waals surface area contributed by atoms with Crippen molar-refractivity contribution in [2.75, 3.05) is 11.9 Å². The molecule has 9 nitrogen and oxygen atoms in total. The highest BCUT2D eigenvalue weighted by Gasteiger charge is 2.42. The van der Waals surface area contributed by atoms with Crippen LogP contribution < -0.4 is 16.3 Å². The van der Waals surface area contributed by atoms with Crippen molar-refractivity contribution < 1.29 is 20.1 Å². The molecule has 0 saturated carbocycles. The van der Waals surface area contributed by atoms with Crippen LogP contribution in [0.4, 0.5) is 11.5 Å². The highest BCUT2D eigenvalue weighted by Crippen LogP contribution is 2.45. The molecule has 2 aromatic rings. The Morgan fingerprint density at radius 2 is 1.94 bits per heavy atom. The van der Waals surface area contributed by atoms with Crippen LogP contribution in [0, 0.1) is 0 Å². The molecule has 0 spiro atoms. The number of phenols is 1. The third-order valence-electron chi connectivity index (χ3n) is 5.96. The summed E-state index contributed by atoms with van der Waals surface area (Å²) in [6.45, 7) is 7.95. The summed E-state index contributed by atoms with van der Waals surface area (Å²) in [7, 11) is 0. The number of aliphatic hydroxyl groups is 2. The second-order valence-corrected chi connectivity index (χ2v) is 10.0. The number of hydrogen-bond acceptors (Lipinski definition) is 8. The van der Waals surface area contributed by atoms with Crippen LogP contribution in [0.25, 0.3) is 0 Å². The van der Waals surface area contributed by atoms with Crippen LogP contribution in [0.3, 0.4) is 0 Å². The first-order chi connectivity index (χ1) is 14.4. The highest BCUT2D eigenvalue weighted by molar-refractivity contribution is 9.10. The number of rotatable bonds is 4. The van der Waals surface area contributed by atoms with E-state index in [-0.39, 0.29) is 35.7 Å². The lowest BCUT2D eigenvalue weighted by molar-refractivity contribution is -0.0459. The van der Waals surface area contributed by atoms with Crippen molar-refractivity contribution in [3.63, 3.8) is 0 Å². The SMILES string of the molecule is CC1(C)NC(C)(C)c2cc(Nc3nc(=O)n([C@H]4C[C@@H](O)[C@@H](CO)O4)cc3Br)c(O)cc21. The van der Waals surface area contributed by atoms with Crippen LogP contribution in [0.2, 0.25) is 0 Å². The van der Waals surface area contributed by atoms with Crippen molar-refractivity contribution >= 4 is 27.4 Å². The Morgan fingerprint density at radius 3 is 2.55 bits per heavy atom. The molecule has 1 fully saturated rings. The van der Waals surface area contributed by atoms with Crippen LogP contribution in [0.5, 0.6) is 5.75 Å². The third kappa shape index (κ3) is 3.87. The largest absolute Gasteiger partial charge is 0.506 e. The van der Waals surface area contributed by atoms with Crippen molar-refractivity contribution in [1.82, 2.24) is 14.9 Å². The molecule has 2 aliphatic rings. The molecule has 0 amide bonds. The van der Waals surface area contributed by atoms with Crippen LogP contribution in [0.15, 0.2) is 27.6 Å². The van der Waals surface area contributed by atoms with E-state index in [1.54, 1.807) is 6.07 Å². The number of benzene rings is 1. The van der Waals surface area contributed by atoms with Gasteiger partial charge in [0, 0.05) is 23.7 Å². The van der Waals surface area contributed by atoms with E-state index in [4.69, 9.17) is 4.74 Å². The second kappa shape index (κ2) is 7.56. The molecule has 0 unspecified atom stereocenters. The number of nitrogens with one attached hydrogen (secondary N) is 2. The summed E-state index contributed by atoms with van der Waals surface area (Å²) < 4.78 is 7.30. The van der Waals surface area contributed by atoms with Gasteiger partial charge in [0.25, 0.3) is 0 Å². The van der Waals surface area contributed by atoms with Gasteiger partial charge in [0.2, 0.25) is 0 Å². The summed E-state index contributed by atoms with van der Waals surface area (Å²) in [4.78, 5) is 16.7. The number of hydrogen-bond donors (Lipinski definition) is 5. The molecule has 0 aliphatic carbocycles. The zero-order chi connectivity index (χ0) is 22.7. The van der Waals surface area contributed by atoms with Crippen molar-refractivity contribution in [3.05, 3.63) is 44.4 Å². The predicted molar refractivity (Wildman–Crippen MR) is 118 cm³/mol. The van der Waals surface area contributed by atoms with Gasteiger partial charge in [-0.3, -0.25) is 9.88 Å². The number of aromatic hydroxyl groups is 1. The first-order valence-corrected chi connectivity index (χ1v) is 10.9. The molecule has 4 rings (SSSR count). The Morgan fingerprint density at radius 1 is 1.29 bits per heavy atom. The molecule has 31 heavy (non-hydrogen) atoms. The van der Waals surface area contributed by atoms with Crippen LogP contribution in [0.1, 0.15) is 51.5 Å². The number of nitrogens with zero attached hydrogens (tertiary/aromatic N) is 2. The molecular formula is C21H27BrN4O5. The zero-order valence-corrected chi connectivity index (χ0v) is 19.4. The number of aliphatic hydroxyl groups excluding tert-OH is 2. The van der Waals surface area contributed by atoms with E-state index in [1.807, 2.05) is 6.07 Å². The van der Waals surface area contributed by atoms with Crippen LogP contribution in [-0.4, -0.2) is 43.7 Å². The topological polar surface area (TPSA) is 129 Å². The van der Waals surface area contributed by atoms with E-state index < -0.39 is 24.1 Å². The monoisotopic (exact) mass is 494 g/mol. The van der Waals surface area contributed by atoms with Crippen LogP contribution in [-0.2, 0) is 15.8 Å².